The number of nitrogens with zero attached hydrogens (tertiary/aromatic N) is 1. The van der Waals surface area contributed by atoms with E-state index in [2.05, 4.69) is 45.3 Å². The summed E-state index contributed by atoms with van der Waals surface area (Å²) in [7, 11) is 0. The molecule has 3 rings (SSSR count). The normalized spacial score (nSPS) is 14.1. The van der Waals surface area contributed by atoms with Crippen LogP contribution in [0.4, 0.5) is 0 Å². The lowest BCUT2D eigenvalue weighted by Gasteiger charge is -2.09. The van der Waals surface area contributed by atoms with E-state index in [0.29, 0.717) is 6.04 Å². The van der Waals surface area contributed by atoms with Crippen LogP contribution in [0.25, 0.3) is 11.3 Å². The summed E-state index contributed by atoms with van der Waals surface area (Å²) in [6, 6.07) is 9.07. The van der Waals surface area contributed by atoms with E-state index in [1.165, 1.54) is 18.4 Å². The van der Waals surface area contributed by atoms with Crippen LogP contribution in [0.5, 0.6) is 0 Å². The van der Waals surface area contributed by atoms with Crippen molar-refractivity contribution in [3.8, 4) is 11.3 Å². The fraction of sp³-hybridized carbons (Fsp3) is 0.333. The van der Waals surface area contributed by atoms with Crippen LogP contribution in [-0.4, -0.2) is 16.1 Å². The molecule has 0 radical (unpaired) electrons. The van der Waals surface area contributed by atoms with Crippen LogP contribution < -0.4 is 10.6 Å². The molecule has 0 spiro atoms. The second-order valence-electron chi connectivity index (χ2n) is 5.05. The van der Waals surface area contributed by atoms with Gasteiger partial charge in [0, 0.05) is 23.5 Å². The van der Waals surface area contributed by atoms with Crippen molar-refractivity contribution in [1.82, 2.24) is 15.6 Å². The van der Waals surface area contributed by atoms with Crippen molar-refractivity contribution in [2.75, 3.05) is 0 Å². The number of hydrogen-bond acceptors (Lipinski definition) is 3. The van der Waals surface area contributed by atoms with Gasteiger partial charge < -0.3 is 10.6 Å². The van der Waals surface area contributed by atoms with Crippen LogP contribution in [0.15, 0.2) is 29.6 Å². The van der Waals surface area contributed by atoms with E-state index >= 15 is 0 Å². The second kappa shape index (κ2) is 5.89. The molecule has 1 aromatic carbocycles. The SMILES string of the molecule is Cc1nc(-c2ccc(CNC(=S)NC3CC3)cc2)cs1. The molecule has 2 aromatic rings. The van der Waals surface area contributed by atoms with E-state index in [-0.39, 0.29) is 0 Å². The molecule has 1 aliphatic rings. The van der Waals surface area contributed by atoms with E-state index < -0.39 is 0 Å². The van der Waals surface area contributed by atoms with E-state index in [4.69, 9.17) is 12.2 Å². The molecule has 1 fully saturated rings. The third-order valence-electron chi connectivity index (χ3n) is 3.23. The summed E-state index contributed by atoms with van der Waals surface area (Å²) < 4.78 is 0. The molecular weight excluding hydrogens is 286 g/mol. The van der Waals surface area contributed by atoms with Gasteiger partial charge in [-0.1, -0.05) is 24.3 Å². The van der Waals surface area contributed by atoms with Crippen LogP contribution in [0.1, 0.15) is 23.4 Å². The predicted molar refractivity (Wildman–Crippen MR) is 87.9 cm³/mol. The fourth-order valence-electron chi connectivity index (χ4n) is 1.94. The van der Waals surface area contributed by atoms with Crippen LogP contribution in [0, 0.1) is 6.92 Å². The van der Waals surface area contributed by atoms with Crippen LogP contribution in [-0.2, 0) is 6.54 Å². The van der Waals surface area contributed by atoms with Gasteiger partial charge in [0.2, 0.25) is 0 Å². The lowest BCUT2D eigenvalue weighted by molar-refractivity contribution is 0.829. The lowest BCUT2D eigenvalue weighted by atomic mass is 10.1. The summed E-state index contributed by atoms with van der Waals surface area (Å²) in [4.78, 5) is 4.50. The average molecular weight is 303 g/mol. The fourth-order valence-corrected chi connectivity index (χ4v) is 2.80. The maximum Gasteiger partial charge on any atom is 0.166 e. The monoisotopic (exact) mass is 303 g/mol. The predicted octanol–water partition coefficient (Wildman–Crippen LogP) is 3.25. The van der Waals surface area contributed by atoms with Gasteiger partial charge in [-0.05, 0) is 37.5 Å². The Morgan fingerprint density at radius 1 is 1.35 bits per heavy atom. The van der Waals surface area contributed by atoms with Gasteiger partial charge in [0.05, 0.1) is 10.7 Å². The van der Waals surface area contributed by atoms with Crippen molar-refractivity contribution < 1.29 is 0 Å². The van der Waals surface area contributed by atoms with E-state index in [1.807, 2.05) is 6.92 Å². The maximum atomic E-state index is 5.24. The summed E-state index contributed by atoms with van der Waals surface area (Å²) in [5.41, 5.74) is 3.44. The van der Waals surface area contributed by atoms with Crippen molar-refractivity contribution in [2.45, 2.75) is 32.4 Å². The third kappa shape index (κ3) is 3.55. The molecule has 1 heterocycles. The summed E-state index contributed by atoms with van der Waals surface area (Å²) in [6.45, 7) is 2.79. The Morgan fingerprint density at radius 2 is 2.10 bits per heavy atom. The van der Waals surface area contributed by atoms with Crippen molar-refractivity contribution >= 4 is 28.7 Å². The summed E-state index contributed by atoms with van der Waals surface area (Å²) in [5, 5.41) is 10.5. The first kappa shape index (κ1) is 13.5. The highest BCUT2D eigenvalue weighted by atomic mass is 32.1. The Labute approximate surface area is 128 Å². The quantitative estimate of drug-likeness (QED) is 0.850. The van der Waals surface area contributed by atoms with Crippen molar-refractivity contribution in [3.05, 3.63) is 40.2 Å². The number of benzene rings is 1. The number of thiocarbonyl (C=S) groups is 1. The molecule has 20 heavy (non-hydrogen) atoms. The molecule has 0 bridgehead atoms. The van der Waals surface area contributed by atoms with E-state index in [1.54, 1.807) is 11.3 Å². The van der Waals surface area contributed by atoms with Crippen LogP contribution in [0.2, 0.25) is 0 Å². The standard InChI is InChI=1S/C15H17N3S2/c1-10-17-14(9-20-10)12-4-2-11(3-5-12)8-16-15(19)18-13-6-7-13/h2-5,9,13H,6-8H2,1H3,(H2,16,18,19). The van der Waals surface area contributed by atoms with Gasteiger partial charge in [0.1, 0.15) is 0 Å². The summed E-state index contributed by atoms with van der Waals surface area (Å²) >= 11 is 6.92. The van der Waals surface area contributed by atoms with Gasteiger partial charge in [0.25, 0.3) is 0 Å². The molecule has 3 nitrogen and oxygen atoms in total. The Hall–Kier alpha value is -1.46. The van der Waals surface area contributed by atoms with Gasteiger partial charge >= 0.3 is 0 Å². The highest BCUT2D eigenvalue weighted by Crippen LogP contribution is 2.22. The smallest absolute Gasteiger partial charge is 0.166 e. The van der Waals surface area contributed by atoms with E-state index in [9.17, 15) is 0 Å². The Kier molecular flexibility index (Phi) is 3.98. The minimum atomic E-state index is 0.602. The first-order chi connectivity index (χ1) is 9.70. The number of hydrogen-bond donors (Lipinski definition) is 2. The average Bonchev–Trinajstić information content (AvgIpc) is 3.16. The third-order valence-corrected chi connectivity index (χ3v) is 4.27. The lowest BCUT2D eigenvalue weighted by Crippen LogP contribution is -2.35. The zero-order chi connectivity index (χ0) is 13.9. The molecule has 1 saturated carbocycles. The first-order valence-electron chi connectivity index (χ1n) is 6.76. The highest BCUT2D eigenvalue weighted by Gasteiger charge is 2.21. The van der Waals surface area contributed by atoms with Crippen molar-refractivity contribution in [2.24, 2.45) is 0 Å². The molecule has 2 N–H and O–H groups in total. The topological polar surface area (TPSA) is 37.0 Å². The van der Waals surface area contributed by atoms with E-state index in [0.717, 1.165) is 27.9 Å². The molecule has 0 atom stereocenters. The minimum Gasteiger partial charge on any atom is -0.360 e. The van der Waals surface area contributed by atoms with Gasteiger partial charge in [-0.25, -0.2) is 4.98 Å². The number of aromatic nitrogens is 1. The van der Waals surface area contributed by atoms with Crippen molar-refractivity contribution in [3.63, 3.8) is 0 Å². The highest BCUT2D eigenvalue weighted by molar-refractivity contribution is 7.80. The first-order valence-corrected chi connectivity index (χ1v) is 8.05. The second-order valence-corrected chi connectivity index (χ2v) is 6.52. The Balaban J connectivity index is 1.56. The molecule has 1 aliphatic carbocycles. The largest absolute Gasteiger partial charge is 0.360 e. The van der Waals surface area contributed by atoms with Gasteiger partial charge in [-0.3, -0.25) is 0 Å². The maximum absolute atomic E-state index is 5.24. The molecule has 0 unspecified atom stereocenters. The zero-order valence-electron chi connectivity index (χ0n) is 11.3. The summed E-state index contributed by atoms with van der Waals surface area (Å²) in [5.74, 6) is 0. The zero-order valence-corrected chi connectivity index (χ0v) is 13.0. The molecule has 0 saturated heterocycles. The number of rotatable bonds is 4. The molecule has 0 aliphatic heterocycles. The van der Waals surface area contributed by atoms with Crippen molar-refractivity contribution in [1.29, 1.82) is 0 Å². The summed E-state index contributed by atoms with van der Waals surface area (Å²) in [6.07, 6.45) is 2.48. The molecule has 5 heteroatoms. The van der Waals surface area contributed by atoms with Gasteiger partial charge in [-0.15, -0.1) is 11.3 Å². The molecule has 104 valence electrons. The van der Waals surface area contributed by atoms with Crippen LogP contribution >= 0.6 is 23.6 Å². The number of aryl methyl sites for hydroxylation is 1. The Morgan fingerprint density at radius 3 is 2.70 bits per heavy atom. The molecule has 0 amide bonds. The van der Waals surface area contributed by atoms with Gasteiger partial charge in [-0.2, -0.15) is 0 Å². The molecular formula is C15H17N3S2. The number of thiazole rings is 1. The van der Waals surface area contributed by atoms with Gasteiger partial charge in [0.15, 0.2) is 5.11 Å². The Bertz CT molecular complexity index is 600. The molecule has 1 aromatic heterocycles. The van der Waals surface area contributed by atoms with Crippen LogP contribution in [0.3, 0.4) is 0 Å². The number of nitrogens with one attached hydrogen (secondary N) is 2. The minimum absolute atomic E-state index is 0.602.